The SMILES string of the molecule is CCC[C@H](N)C(=O)NCC(C)(C)CCOC. The maximum Gasteiger partial charge on any atom is 0.236 e. The largest absolute Gasteiger partial charge is 0.385 e. The van der Waals surface area contributed by atoms with Crippen molar-refractivity contribution in [3.8, 4) is 0 Å². The van der Waals surface area contributed by atoms with E-state index in [1.807, 2.05) is 6.92 Å². The van der Waals surface area contributed by atoms with Crippen molar-refractivity contribution < 1.29 is 9.53 Å². The Morgan fingerprint density at radius 3 is 2.62 bits per heavy atom. The van der Waals surface area contributed by atoms with E-state index in [0.717, 1.165) is 19.3 Å². The molecule has 0 radical (unpaired) electrons. The third kappa shape index (κ3) is 6.80. The Bertz CT molecular complexity index is 205. The maximum absolute atomic E-state index is 11.6. The van der Waals surface area contributed by atoms with Gasteiger partial charge in [0.05, 0.1) is 6.04 Å². The van der Waals surface area contributed by atoms with Crippen molar-refractivity contribution in [2.45, 2.75) is 46.1 Å². The van der Waals surface area contributed by atoms with Crippen LogP contribution in [0.1, 0.15) is 40.0 Å². The van der Waals surface area contributed by atoms with Crippen molar-refractivity contribution in [2.24, 2.45) is 11.1 Å². The number of hydrogen-bond acceptors (Lipinski definition) is 3. The molecule has 0 aliphatic carbocycles. The van der Waals surface area contributed by atoms with Crippen LogP contribution in [0.15, 0.2) is 0 Å². The van der Waals surface area contributed by atoms with E-state index in [4.69, 9.17) is 10.5 Å². The zero-order valence-corrected chi connectivity index (χ0v) is 11.0. The van der Waals surface area contributed by atoms with Crippen molar-refractivity contribution in [3.05, 3.63) is 0 Å². The van der Waals surface area contributed by atoms with E-state index in [9.17, 15) is 4.79 Å². The van der Waals surface area contributed by atoms with Crippen LogP contribution in [0.4, 0.5) is 0 Å². The highest BCUT2D eigenvalue weighted by atomic mass is 16.5. The highest BCUT2D eigenvalue weighted by Crippen LogP contribution is 2.18. The summed E-state index contributed by atoms with van der Waals surface area (Å²) < 4.78 is 5.03. The maximum atomic E-state index is 11.6. The van der Waals surface area contributed by atoms with E-state index in [1.54, 1.807) is 7.11 Å². The molecule has 1 amide bonds. The minimum absolute atomic E-state index is 0.0488. The summed E-state index contributed by atoms with van der Waals surface area (Å²) in [5, 5.41) is 2.90. The fourth-order valence-corrected chi connectivity index (χ4v) is 1.37. The minimum Gasteiger partial charge on any atom is -0.385 e. The first-order valence-corrected chi connectivity index (χ1v) is 5.95. The van der Waals surface area contributed by atoms with Crippen LogP contribution in [-0.2, 0) is 9.53 Å². The zero-order chi connectivity index (χ0) is 12.6. The fourth-order valence-electron chi connectivity index (χ4n) is 1.37. The van der Waals surface area contributed by atoms with Crippen LogP contribution in [0.3, 0.4) is 0 Å². The van der Waals surface area contributed by atoms with Crippen LogP contribution >= 0.6 is 0 Å². The average molecular weight is 230 g/mol. The van der Waals surface area contributed by atoms with Crippen LogP contribution in [0.5, 0.6) is 0 Å². The smallest absolute Gasteiger partial charge is 0.236 e. The molecular formula is C12H26N2O2. The van der Waals surface area contributed by atoms with Gasteiger partial charge in [-0.3, -0.25) is 4.79 Å². The zero-order valence-electron chi connectivity index (χ0n) is 11.0. The third-order valence-electron chi connectivity index (χ3n) is 2.66. The van der Waals surface area contributed by atoms with Crippen molar-refractivity contribution in [1.82, 2.24) is 5.32 Å². The van der Waals surface area contributed by atoms with Crippen LogP contribution in [-0.4, -0.2) is 32.2 Å². The molecule has 0 aromatic rings. The van der Waals surface area contributed by atoms with Gasteiger partial charge in [-0.05, 0) is 18.3 Å². The summed E-state index contributed by atoms with van der Waals surface area (Å²) in [5.41, 5.74) is 5.77. The Kier molecular flexibility index (Phi) is 7.34. The van der Waals surface area contributed by atoms with Gasteiger partial charge in [0.25, 0.3) is 0 Å². The van der Waals surface area contributed by atoms with Crippen LogP contribution in [0.25, 0.3) is 0 Å². The van der Waals surface area contributed by atoms with Crippen molar-refractivity contribution in [1.29, 1.82) is 0 Å². The molecule has 0 aromatic heterocycles. The molecule has 0 aromatic carbocycles. The van der Waals surface area contributed by atoms with Crippen LogP contribution < -0.4 is 11.1 Å². The Balaban J connectivity index is 3.89. The highest BCUT2D eigenvalue weighted by Gasteiger charge is 2.20. The predicted molar refractivity (Wildman–Crippen MR) is 66.2 cm³/mol. The predicted octanol–water partition coefficient (Wildman–Crippen LogP) is 1.29. The average Bonchev–Trinajstić information content (AvgIpc) is 2.23. The molecule has 4 nitrogen and oxygen atoms in total. The van der Waals surface area contributed by atoms with Gasteiger partial charge in [-0.15, -0.1) is 0 Å². The van der Waals surface area contributed by atoms with Gasteiger partial charge in [-0.25, -0.2) is 0 Å². The molecule has 4 heteroatoms. The first-order chi connectivity index (χ1) is 7.43. The molecule has 0 saturated carbocycles. The molecule has 16 heavy (non-hydrogen) atoms. The van der Waals surface area contributed by atoms with E-state index < -0.39 is 0 Å². The Hall–Kier alpha value is -0.610. The van der Waals surface area contributed by atoms with Crippen LogP contribution in [0.2, 0.25) is 0 Å². The van der Waals surface area contributed by atoms with Gasteiger partial charge in [-0.1, -0.05) is 27.2 Å². The molecule has 0 aliphatic rings. The number of nitrogens with one attached hydrogen (secondary N) is 1. The van der Waals surface area contributed by atoms with Crippen LogP contribution in [0, 0.1) is 5.41 Å². The molecule has 0 spiro atoms. The first-order valence-electron chi connectivity index (χ1n) is 5.95. The van der Waals surface area contributed by atoms with Gasteiger partial charge < -0.3 is 15.8 Å². The quantitative estimate of drug-likeness (QED) is 0.660. The van der Waals surface area contributed by atoms with E-state index in [-0.39, 0.29) is 17.4 Å². The molecule has 0 bridgehead atoms. The summed E-state index contributed by atoms with van der Waals surface area (Å²) >= 11 is 0. The van der Waals surface area contributed by atoms with E-state index >= 15 is 0 Å². The normalized spacial score (nSPS) is 13.6. The third-order valence-corrected chi connectivity index (χ3v) is 2.66. The molecule has 0 aliphatic heterocycles. The monoisotopic (exact) mass is 230 g/mol. The van der Waals surface area contributed by atoms with E-state index in [1.165, 1.54) is 0 Å². The summed E-state index contributed by atoms with van der Waals surface area (Å²) in [6, 6.07) is -0.372. The molecule has 0 saturated heterocycles. The lowest BCUT2D eigenvalue weighted by Crippen LogP contribution is -2.44. The topological polar surface area (TPSA) is 64.4 Å². The van der Waals surface area contributed by atoms with Gasteiger partial charge in [0.1, 0.15) is 0 Å². The molecule has 0 unspecified atom stereocenters. The number of hydrogen-bond donors (Lipinski definition) is 2. The second-order valence-corrected chi connectivity index (χ2v) is 5.02. The molecule has 96 valence electrons. The Morgan fingerprint density at radius 1 is 1.50 bits per heavy atom. The summed E-state index contributed by atoms with van der Waals surface area (Å²) in [5.74, 6) is -0.0488. The highest BCUT2D eigenvalue weighted by molar-refractivity contribution is 5.81. The number of carbonyl (C=O) groups is 1. The second-order valence-electron chi connectivity index (χ2n) is 5.02. The number of amides is 1. The lowest BCUT2D eigenvalue weighted by molar-refractivity contribution is -0.123. The molecule has 0 rings (SSSR count). The summed E-state index contributed by atoms with van der Waals surface area (Å²) in [7, 11) is 1.69. The molecule has 1 atom stereocenters. The van der Waals surface area contributed by atoms with Gasteiger partial charge >= 0.3 is 0 Å². The van der Waals surface area contributed by atoms with Gasteiger partial charge in [0.15, 0.2) is 0 Å². The Labute approximate surface area is 98.9 Å². The molecule has 0 heterocycles. The van der Waals surface area contributed by atoms with Gasteiger partial charge in [0, 0.05) is 20.3 Å². The van der Waals surface area contributed by atoms with Crippen molar-refractivity contribution >= 4 is 5.91 Å². The fraction of sp³-hybridized carbons (Fsp3) is 0.917. The summed E-state index contributed by atoms with van der Waals surface area (Å²) in [6.07, 6.45) is 2.60. The number of nitrogens with two attached hydrogens (primary N) is 1. The summed E-state index contributed by atoms with van der Waals surface area (Å²) in [4.78, 5) is 11.6. The van der Waals surface area contributed by atoms with E-state index in [0.29, 0.717) is 13.2 Å². The number of ether oxygens (including phenoxy) is 1. The minimum atomic E-state index is -0.372. The van der Waals surface area contributed by atoms with Crippen molar-refractivity contribution in [2.75, 3.05) is 20.3 Å². The van der Waals surface area contributed by atoms with Gasteiger partial charge in [0.2, 0.25) is 5.91 Å². The summed E-state index contributed by atoms with van der Waals surface area (Å²) in [6.45, 7) is 7.60. The lowest BCUT2D eigenvalue weighted by Gasteiger charge is -2.25. The van der Waals surface area contributed by atoms with E-state index in [2.05, 4.69) is 19.2 Å². The first kappa shape index (κ1) is 15.4. The molecule has 3 N–H and O–H groups in total. The number of carbonyl (C=O) groups excluding carboxylic acids is 1. The number of rotatable bonds is 8. The van der Waals surface area contributed by atoms with Gasteiger partial charge in [-0.2, -0.15) is 0 Å². The second kappa shape index (κ2) is 7.63. The standard InChI is InChI=1S/C12H26N2O2/c1-5-6-10(13)11(15)14-9-12(2,3)7-8-16-4/h10H,5-9,13H2,1-4H3,(H,14,15)/t10-/m0/s1. The number of methoxy groups -OCH3 is 1. The molecule has 0 fully saturated rings. The molecular weight excluding hydrogens is 204 g/mol. The van der Waals surface area contributed by atoms with Crippen molar-refractivity contribution in [3.63, 3.8) is 0 Å². The Morgan fingerprint density at radius 2 is 2.12 bits per heavy atom. The lowest BCUT2D eigenvalue weighted by atomic mass is 9.89.